The Kier molecular flexibility index (Phi) is 9.96. The first-order chi connectivity index (χ1) is 16.5. The monoisotopic (exact) mass is 525 g/mol. The molecule has 0 spiro atoms. The van der Waals surface area contributed by atoms with Crippen molar-refractivity contribution < 1.29 is 4.79 Å². The molecule has 34 heavy (non-hydrogen) atoms. The second kappa shape index (κ2) is 12.9. The molecule has 6 nitrogen and oxygen atoms in total. The molecule has 3 rings (SSSR count). The smallest absolute Gasteiger partial charge is 0.160 e. The molecule has 1 saturated carbocycles. The second-order valence-corrected chi connectivity index (χ2v) is 9.86. The topological polar surface area (TPSA) is 85.6 Å². The van der Waals surface area contributed by atoms with Crippen molar-refractivity contribution in [2.75, 3.05) is 0 Å². The van der Waals surface area contributed by atoms with Crippen LogP contribution in [0, 0.1) is 11.8 Å². The molecule has 1 aliphatic heterocycles. The van der Waals surface area contributed by atoms with E-state index >= 15 is 0 Å². The van der Waals surface area contributed by atoms with Gasteiger partial charge >= 0.3 is 0 Å². The predicted molar refractivity (Wildman–Crippen MR) is 146 cm³/mol. The Morgan fingerprint density at radius 1 is 1.35 bits per heavy atom. The summed E-state index contributed by atoms with van der Waals surface area (Å²) < 4.78 is 2.77. The van der Waals surface area contributed by atoms with Crippen LogP contribution in [0.3, 0.4) is 0 Å². The first-order valence-electron chi connectivity index (χ1n) is 12.2. The molecule has 182 valence electrons. The zero-order valence-corrected chi connectivity index (χ0v) is 21.8. The zero-order valence-electron chi connectivity index (χ0n) is 20.2. The largest absolute Gasteiger partial charge is 0.306 e. The summed E-state index contributed by atoms with van der Waals surface area (Å²) in [6.07, 6.45) is 21.5. The van der Waals surface area contributed by atoms with Crippen LogP contribution in [0.25, 0.3) is 5.57 Å². The van der Waals surface area contributed by atoms with Crippen molar-refractivity contribution in [3.05, 3.63) is 52.7 Å². The van der Waals surface area contributed by atoms with Crippen molar-refractivity contribution in [1.82, 2.24) is 9.78 Å². The normalized spacial score (nSPS) is 24.5. The van der Waals surface area contributed by atoms with E-state index in [2.05, 4.69) is 51.8 Å². The molecular weight excluding hydrogens is 490 g/mol. The van der Waals surface area contributed by atoms with Gasteiger partial charge < -0.3 is 10.5 Å². The Labute approximate surface area is 211 Å². The molecule has 1 fully saturated rings. The average Bonchev–Trinajstić information content (AvgIpc) is 3.21. The number of aldehydes is 1. The molecule has 2 atom stereocenters. The maximum Gasteiger partial charge on any atom is 0.160 e. The lowest BCUT2D eigenvalue weighted by Crippen LogP contribution is -2.22. The van der Waals surface area contributed by atoms with E-state index in [0.717, 1.165) is 66.4 Å². The van der Waals surface area contributed by atoms with Gasteiger partial charge in [-0.05, 0) is 85.7 Å². The molecule has 1 aromatic heterocycles. The number of nitrogens with two attached hydrogens (primary N) is 1. The van der Waals surface area contributed by atoms with Crippen molar-refractivity contribution in [2.45, 2.75) is 71.0 Å². The van der Waals surface area contributed by atoms with Gasteiger partial charge in [0, 0.05) is 22.4 Å². The fourth-order valence-electron chi connectivity index (χ4n) is 4.58. The van der Waals surface area contributed by atoms with Gasteiger partial charge in [0.2, 0.25) is 0 Å². The first kappa shape index (κ1) is 26.2. The number of carbonyl (C=O) groups excluding carboxylic acids is 1. The van der Waals surface area contributed by atoms with Crippen molar-refractivity contribution in [3.63, 3.8) is 0 Å². The van der Waals surface area contributed by atoms with E-state index < -0.39 is 0 Å². The molecular formula is C27H36BrN5O. The van der Waals surface area contributed by atoms with Crippen LogP contribution in [0.2, 0.25) is 0 Å². The highest BCUT2D eigenvalue weighted by molar-refractivity contribution is 9.12. The van der Waals surface area contributed by atoms with Crippen LogP contribution in [-0.2, 0) is 4.79 Å². The number of hydrogen-bond donors (Lipinski definition) is 1. The van der Waals surface area contributed by atoms with E-state index in [-0.39, 0.29) is 12.2 Å². The fourth-order valence-corrected chi connectivity index (χ4v) is 5.26. The van der Waals surface area contributed by atoms with Gasteiger partial charge in [0.15, 0.2) is 5.82 Å². The van der Waals surface area contributed by atoms with Crippen molar-refractivity contribution in [1.29, 1.82) is 0 Å². The molecule has 2 unspecified atom stereocenters. The number of allylic oxidation sites excluding steroid dienone is 6. The van der Waals surface area contributed by atoms with Crippen LogP contribution in [-0.4, -0.2) is 34.5 Å². The molecule has 0 amide bonds. The van der Waals surface area contributed by atoms with Crippen molar-refractivity contribution >= 4 is 46.0 Å². The minimum absolute atomic E-state index is 0.124. The summed E-state index contributed by atoms with van der Waals surface area (Å²) in [5, 5.41) is 4.60. The van der Waals surface area contributed by atoms with E-state index in [4.69, 9.17) is 10.7 Å². The van der Waals surface area contributed by atoms with E-state index in [9.17, 15) is 4.79 Å². The Balaban J connectivity index is 1.84. The highest BCUT2D eigenvalue weighted by atomic mass is 79.9. The minimum atomic E-state index is -0.380. The number of halogens is 1. The second-order valence-electron chi connectivity index (χ2n) is 9.00. The van der Waals surface area contributed by atoms with Crippen LogP contribution >= 0.6 is 15.9 Å². The summed E-state index contributed by atoms with van der Waals surface area (Å²) >= 11 is 3.74. The van der Waals surface area contributed by atoms with Crippen LogP contribution in [0.4, 0.5) is 5.82 Å². The van der Waals surface area contributed by atoms with Crippen molar-refractivity contribution in [3.8, 4) is 0 Å². The standard InChI is InChI=1S/C27H36BrN5O/c1-4-21(10-8-6-5-7-9-19(2)30-3)23-18-31-33-25(29)17-24(28)26(32-27(23)33)22-13-11-20(12-14-22)15-16-34/h5-7,9-10,16-20,22,25H,3-4,8,11-15,29H2,1-2H3/b6-5-,9-7-,21-10+. The summed E-state index contributed by atoms with van der Waals surface area (Å²) in [6, 6.07) is 0.124. The molecule has 0 saturated heterocycles. The van der Waals surface area contributed by atoms with Gasteiger partial charge in [-0.25, -0.2) is 9.67 Å². The first-order valence-corrected chi connectivity index (χ1v) is 13.0. The Morgan fingerprint density at radius 3 is 2.79 bits per heavy atom. The molecule has 0 radical (unpaired) electrons. The number of aliphatic imine (C=N–C) groups is 2. The molecule has 1 aromatic rings. The molecule has 2 heterocycles. The van der Waals surface area contributed by atoms with E-state index in [1.54, 1.807) is 0 Å². The van der Waals surface area contributed by atoms with Crippen LogP contribution in [0.1, 0.15) is 70.5 Å². The minimum Gasteiger partial charge on any atom is -0.306 e. The van der Waals surface area contributed by atoms with Crippen LogP contribution in [0.5, 0.6) is 0 Å². The number of aromatic nitrogens is 2. The van der Waals surface area contributed by atoms with Gasteiger partial charge in [-0.15, -0.1) is 0 Å². The maximum absolute atomic E-state index is 10.9. The third-order valence-corrected chi connectivity index (χ3v) is 7.33. The predicted octanol–water partition coefficient (Wildman–Crippen LogP) is 6.49. The number of nitrogens with zero attached hydrogens (tertiary/aromatic N) is 4. The molecule has 1 aliphatic carbocycles. The number of carbonyl (C=O) groups is 1. The van der Waals surface area contributed by atoms with Gasteiger partial charge in [-0.1, -0.05) is 37.3 Å². The third kappa shape index (κ3) is 6.60. The molecule has 7 heteroatoms. The Hall–Kier alpha value is -2.38. The number of rotatable bonds is 10. The highest BCUT2D eigenvalue weighted by Gasteiger charge is 2.29. The van der Waals surface area contributed by atoms with E-state index in [1.807, 2.05) is 42.1 Å². The van der Waals surface area contributed by atoms with Crippen LogP contribution < -0.4 is 5.73 Å². The lowest BCUT2D eigenvalue weighted by molar-refractivity contribution is -0.108. The molecule has 2 N–H and O–H groups in total. The van der Waals surface area contributed by atoms with Gasteiger partial charge in [0.1, 0.15) is 12.5 Å². The Morgan fingerprint density at radius 2 is 2.12 bits per heavy atom. The van der Waals surface area contributed by atoms with E-state index in [0.29, 0.717) is 18.3 Å². The SMILES string of the molecule is C=NC(C)/C=C\C=C/C/C=C(\CC)c1cnn2c1N=C(C1CCC(CC=O)CC1)C(Br)=CC2N. The van der Waals surface area contributed by atoms with Crippen LogP contribution in [0.15, 0.2) is 57.1 Å². The summed E-state index contributed by atoms with van der Waals surface area (Å²) in [5.41, 5.74) is 9.76. The number of hydrogen-bond acceptors (Lipinski definition) is 5. The average molecular weight is 527 g/mol. The van der Waals surface area contributed by atoms with E-state index in [1.165, 1.54) is 5.57 Å². The molecule has 2 aliphatic rings. The van der Waals surface area contributed by atoms with Gasteiger partial charge in [-0.2, -0.15) is 5.10 Å². The highest BCUT2D eigenvalue weighted by Crippen LogP contribution is 2.39. The van der Waals surface area contributed by atoms with Gasteiger partial charge in [-0.3, -0.25) is 4.99 Å². The zero-order chi connectivity index (χ0) is 24.5. The summed E-state index contributed by atoms with van der Waals surface area (Å²) in [5.74, 6) is 1.68. The summed E-state index contributed by atoms with van der Waals surface area (Å²) in [4.78, 5) is 20.0. The Bertz CT molecular complexity index is 1010. The van der Waals surface area contributed by atoms with Gasteiger partial charge in [0.25, 0.3) is 0 Å². The molecule has 0 aromatic carbocycles. The maximum atomic E-state index is 10.9. The summed E-state index contributed by atoms with van der Waals surface area (Å²) in [6.45, 7) is 7.71. The lowest BCUT2D eigenvalue weighted by atomic mass is 9.78. The van der Waals surface area contributed by atoms with Crippen molar-refractivity contribution in [2.24, 2.45) is 27.6 Å². The fraction of sp³-hybridized carbons (Fsp3) is 0.481. The number of fused-ring (bicyclic) bond motifs is 1. The molecule has 0 bridgehead atoms. The lowest BCUT2D eigenvalue weighted by Gasteiger charge is -2.28. The van der Waals surface area contributed by atoms with Gasteiger partial charge in [0.05, 0.1) is 18.0 Å². The quantitative estimate of drug-likeness (QED) is 0.215. The summed E-state index contributed by atoms with van der Waals surface area (Å²) in [7, 11) is 0. The third-order valence-electron chi connectivity index (χ3n) is 6.65.